The summed E-state index contributed by atoms with van der Waals surface area (Å²) < 4.78 is 0. The molecule has 0 aliphatic carbocycles. The minimum atomic E-state index is -0.0121. The Morgan fingerprint density at radius 3 is 2.54 bits per heavy atom. The van der Waals surface area contributed by atoms with Crippen LogP contribution in [0.1, 0.15) is 24.8 Å². The summed E-state index contributed by atoms with van der Waals surface area (Å²) in [6.07, 6.45) is 3.88. The fourth-order valence-corrected chi connectivity index (χ4v) is 3.07. The third-order valence-electron chi connectivity index (χ3n) is 4.50. The summed E-state index contributed by atoms with van der Waals surface area (Å²) in [4.78, 5) is 18.5. The minimum absolute atomic E-state index is 0.0121. The molecule has 1 amide bonds. The van der Waals surface area contributed by atoms with E-state index in [9.17, 15) is 9.90 Å². The number of hydrogen-bond donors (Lipinski definition) is 2. The summed E-state index contributed by atoms with van der Waals surface area (Å²) in [5.41, 5.74) is 2.53. The largest absolute Gasteiger partial charge is 0.506 e. The lowest BCUT2D eigenvalue weighted by Crippen LogP contribution is -2.34. The molecule has 1 fully saturated rings. The summed E-state index contributed by atoms with van der Waals surface area (Å²) in [6, 6.07) is 11.7. The first-order valence-corrected chi connectivity index (χ1v) is 8.36. The molecule has 126 valence electrons. The van der Waals surface area contributed by atoms with Crippen molar-refractivity contribution in [1.29, 1.82) is 0 Å². The van der Waals surface area contributed by atoms with Gasteiger partial charge in [0.25, 0.3) is 0 Å². The second-order valence-corrected chi connectivity index (χ2v) is 6.42. The van der Waals surface area contributed by atoms with Gasteiger partial charge in [-0.3, -0.25) is 4.79 Å². The molecular weight excluding hydrogens is 302 g/mol. The third-order valence-corrected chi connectivity index (χ3v) is 4.50. The molecule has 1 aliphatic heterocycles. The van der Waals surface area contributed by atoms with Crippen molar-refractivity contribution >= 4 is 17.4 Å². The number of nitrogens with zero attached hydrogens (tertiary/aromatic N) is 2. The van der Waals surface area contributed by atoms with Gasteiger partial charge in [-0.1, -0.05) is 17.7 Å². The number of piperidine rings is 1. The number of carbonyl (C=O) groups is 1. The number of amides is 1. The van der Waals surface area contributed by atoms with Gasteiger partial charge in [0.05, 0.1) is 6.20 Å². The van der Waals surface area contributed by atoms with E-state index in [0.717, 1.165) is 25.9 Å². The molecule has 3 rings (SSSR count). The lowest BCUT2D eigenvalue weighted by Gasteiger charge is -2.33. The van der Waals surface area contributed by atoms with E-state index < -0.39 is 0 Å². The zero-order chi connectivity index (χ0) is 16.9. The van der Waals surface area contributed by atoms with Crippen LogP contribution in [-0.4, -0.2) is 29.1 Å². The number of pyridine rings is 1. The number of aromatic hydroxyl groups is 1. The topological polar surface area (TPSA) is 65.5 Å². The molecular formula is C19H23N3O2. The molecule has 24 heavy (non-hydrogen) atoms. The SMILES string of the molecule is Cc1ccc(N2CCC(CC(=O)Nc3ccc(O)cn3)CC2)cc1. The summed E-state index contributed by atoms with van der Waals surface area (Å²) in [5, 5.41) is 12.0. The molecule has 0 unspecified atom stereocenters. The van der Waals surface area contributed by atoms with Crippen molar-refractivity contribution in [1.82, 2.24) is 4.98 Å². The van der Waals surface area contributed by atoms with E-state index >= 15 is 0 Å². The normalized spacial score (nSPS) is 15.3. The van der Waals surface area contributed by atoms with Crippen LogP contribution in [0.4, 0.5) is 11.5 Å². The van der Waals surface area contributed by atoms with E-state index in [1.807, 2.05) is 0 Å². The average molecular weight is 325 g/mol. The Labute approximate surface area is 142 Å². The first-order chi connectivity index (χ1) is 11.6. The average Bonchev–Trinajstić information content (AvgIpc) is 2.58. The van der Waals surface area contributed by atoms with Crippen molar-refractivity contribution in [3.63, 3.8) is 0 Å². The van der Waals surface area contributed by atoms with Crippen molar-refractivity contribution in [2.75, 3.05) is 23.3 Å². The lowest BCUT2D eigenvalue weighted by molar-refractivity contribution is -0.117. The first-order valence-electron chi connectivity index (χ1n) is 8.36. The molecule has 0 radical (unpaired) electrons. The Morgan fingerprint density at radius 2 is 1.92 bits per heavy atom. The van der Waals surface area contributed by atoms with Gasteiger partial charge in [-0.05, 0) is 49.9 Å². The maximum atomic E-state index is 12.1. The fraction of sp³-hybridized carbons (Fsp3) is 0.368. The van der Waals surface area contributed by atoms with Gasteiger partial charge in [-0.15, -0.1) is 0 Å². The molecule has 2 N–H and O–H groups in total. The highest BCUT2D eigenvalue weighted by Gasteiger charge is 2.21. The van der Waals surface area contributed by atoms with Crippen LogP contribution in [-0.2, 0) is 4.79 Å². The Balaban J connectivity index is 1.47. The number of rotatable bonds is 4. The van der Waals surface area contributed by atoms with Gasteiger partial charge in [0, 0.05) is 25.2 Å². The van der Waals surface area contributed by atoms with Gasteiger partial charge in [0.2, 0.25) is 5.91 Å². The van der Waals surface area contributed by atoms with Gasteiger partial charge in [-0.25, -0.2) is 4.98 Å². The summed E-state index contributed by atoms with van der Waals surface area (Å²) in [5.74, 6) is 0.970. The smallest absolute Gasteiger partial charge is 0.225 e. The van der Waals surface area contributed by atoms with Crippen LogP contribution >= 0.6 is 0 Å². The Kier molecular flexibility index (Phi) is 4.99. The number of aromatic nitrogens is 1. The maximum Gasteiger partial charge on any atom is 0.225 e. The highest BCUT2D eigenvalue weighted by molar-refractivity contribution is 5.89. The van der Waals surface area contributed by atoms with Crippen LogP contribution in [0.15, 0.2) is 42.6 Å². The molecule has 5 heteroatoms. The van der Waals surface area contributed by atoms with Crippen LogP contribution in [0.3, 0.4) is 0 Å². The van der Waals surface area contributed by atoms with Crippen molar-refractivity contribution in [2.24, 2.45) is 5.92 Å². The predicted octanol–water partition coefficient (Wildman–Crippen LogP) is 3.34. The Morgan fingerprint density at radius 1 is 1.21 bits per heavy atom. The van der Waals surface area contributed by atoms with Gasteiger partial charge in [0.1, 0.15) is 11.6 Å². The minimum Gasteiger partial charge on any atom is -0.506 e. The van der Waals surface area contributed by atoms with E-state index in [2.05, 4.69) is 46.4 Å². The van der Waals surface area contributed by atoms with Gasteiger partial charge < -0.3 is 15.3 Å². The molecule has 0 spiro atoms. The zero-order valence-corrected chi connectivity index (χ0v) is 13.9. The molecule has 0 saturated carbocycles. The second-order valence-electron chi connectivity index (χ2n) is 6.42. The van der Waals surface area contributed by atoms with Crippen molar-refractivity contribution < 1.29 is 9.90 Å². The summed E-state index contributed by atoms with van der Waals surface area (Å²) in [7, 11) is 0. The van der Waals surface area contributed by atoms with Crippen LogP contribution < -0.4 is 10.2 Å². The number of aryl methyl sites for hydroxylation is 1. The number of nitrogens with one attached hydrogen (secondary N) is 1. The zero-order valence-electron chi connectivity index (χ0n) is 13.9. The Hall–Kier alpha value is -2.56. The van der Waals surface area contributed by atoms with Crippen LogP contribution in [0, 0.1) is 12.8 Å². The van der Waals surface area contributed by atoms with Gasteiger partial charge in [0.15, 0.2) is 0 Å². The highest BCUT2D eigenvalue weighted by atomic mass is 16.3. The molecule has 1 aliphatic rings. The number of carbonyl (C=O) groups excluding carboxylic acids is 1. The van der Waals surface area contributed by atoms with Crippen molar-refractivity contribution in [2.45, 2.75) is 26.2 Å². The van der Waals surface area contributed by atoms with Crippen LogP contribution in [0.5, 0.6) is 5.75 Å². The Bertz CT molecular complexity index is 675. The first kappa shape index (κ1) is 16.3. The molecule has 0 bridgehead atoms. The molecule has 2 aromatic rings. The summed E-state index contributed by atoms with van der Waals surface area (Å²) >= 11 is 0. The van der Waals surface area contributed by atoms with Gasteiger partial charge in [-0.2, -0.15) is 0 Å². The van der Waals surface area contributed by atoms with E-state index in [4.69, 9.17) is 0 Å². The number of benzene rings is 1. The fourth-order valence-electron chi connectivity index (χ4n) is 3.07. The lowest BCUT2D eigenvalue weighted by atomic mass is 9.93. The van der Waals surface area contributed by atoms with E-state index in [-0.39, 0.29) is 11.7 Å². The van der Waals surface area contributed by atoms with Crippen molar-refractivity contribution in [3.8, 4) is 5.75 Å². The predicted molar refractivity (Wildman–Crippen MR) is 95.3 cm³/mol. The second kappa shape index (κ2) is 7.34. The van der Waals surface area contributed by atoms with E-state index in [1.54, 1.807) is 6.07 Å². The quantitative estimate of drug-likeness (QED) is 0.905. The maximum absolute atomic E-state index is 12.1. The molecule has 1 saturated heterocycles. The standard InChI is InChI=1S/C19H23N3O2/c1-14-2-4-16(5-3-14)22-10-8-15(9-11-22)12-19(24)21-18-7-6-17(23)13-20-18/h2-7,13,15,23H,8-12H2,1H3,(H,20,21,24). The summed E-state index contributed by atoms with van der Waals surface area (Å²) in [6.45, 7) is 4.06. The van der Waals surface area contributed by atoms with E-state index in [0.29, 0.717) is 18.2 Å². The molecule has 1 aromatic carbocycles. The third kappa shape index (κ3) is 4.25. The number of anilines is 2. The van der Waals surface area contributed by atoms with Gasteiger partial charge >= 0.3 is 0 Å². The van der Waals surface area contributed by atoms with Crippen molar-refractivity contribution in [3.05, 3.63) is 48.2 Å². The van der Waals surface area contributed by atoms with E-state index in [1.165, 1.54) is 23.5 Å². The molecule has 1 aromatic heterocycles. The molecule has 2 heterocycles. The highest BCUT2D eigenvalue weighted by Crippen LogP contribution is 2.25. The molecule has 5 nitrogen and oxygen atoms in total. The number of hydrogen-bond acceptors (Lipinski definition) is 4. The van der Waals surface area contributed by atoms with Crippen LogP contribution in [0.25, 0.3) is 0 Å². The monoisotopic (exact) mass is 325 g/mol. The molecule has 0 atom stereocenters. The van der Waals surface area contributed by atoms with Crippen LogP contribution in [0.2, 0.25) is 0 Å².